The number of aromatic nitrogens is 2. The number of nitrogens with one attached hydrogen (secondary N) is 1. The topological polar surface area (TPSA) is 55.0 Å². The van der Waals surface area contributed by atoms with Gasteiger partial charge in [-0.05, 0) is 18.6 Å². The summed E-state index contributed by atoms with van der Waals surface area (Å²) in [7, 11) is 1.62. The first-order chi connectivity index (χ1) is 8.77. The van der Waals surface area contributed by atoms with Gasteiger partial charge in [0, 0.05) is 11.1 Å². The molecule has 0 bridgehead atoms. The highest BCUT2D eigenvalue weighted by Gasteiger charge is 2.13. The van der Waals surface area contributed by atoms with Crippen LogP contribution in [0, 0.1) is 0 Å². The van der Waals surface area contributed by atoms with E-state index in [1.165, 1.54) is 6.33 Å². The minimum atomic E-state index is -0.0762. The number of benzene rings is 1. The van der Waals surface area contributed by atoms with Crippen molar-refractivity contribution in [2.45, 2.75) is 19.8 Å². The number of rotatable bonds is 4. The largest absolute Gasteiger partial charge is 0.496 e. The second kappa shape index (κ2) is 5.49. The molecule has 2 aromatic rings. The molecule has 0 aliphatic carbocycles. The predicted molar refractivity (Wildman–Crippen MR) is 70.8 cm³/mol. The summed E-state index contributed by atoms with van der Waals surface area (Å²) in [5, 5.41) is 0. The van der Waals surface area contributed by atoms with Crippen molar-refractivity contribution < 1.29 is 4.74 Å². The summed E-state index contributed by atoms with van der Waals surface area (Å²) in [5.41, 5.74) is 2.20. The first-order valence-corrected chi connectivity index (χ1v) is 5.97. The Morgan fingerprint density at radius 1 is 1.33 bits per heavy atom. The molecule has 2 rings (SSSR count). The molecule has 0 atom stereocenters. The lowest BCUT2D eigenvalue weighted by atomic mass is 10.0. The quantitative estimate of drug-likeness (QED) is 0.898. The Morgan fingerprint density at radius 2 is 2.11 bits per heavy atom. The van der Waals surface area contributed by atoms with Crippen molar-refractivity contribution in [3.05, 3.63) is 46.5 Å². The SMILES string of the molecule is CCCc1c(-c2ccccc2OC)nc[nH]c1=O. The van der Waals surface area contributed by atoms with Crippen LogP contribution in [0.1, 0.15) is 18.9 Å². The Hall–Kier alpha value is -2.10. The Kier molecular flexibility index (Phi) is 3.77. The molecule has 0 aliphatic rings. The number of aromatic amines is 1. The van der Waals surface area contributed by atoms with E-state index in [1.54, 1.807) is 7.11 Å². The van der Waals surface area contributed by atoms with Crippen LogP contribution in [0.25, 0.3) is 11.3 Å². The molecule has 1 N–H and O–H groups in total. The summed E-state index contributed by atoms with van der Waals surface area (Å²) in [5.74, 6) is 0.730. The van der Waals surface area contributed by atoms with Gasteiger partial charge in [0.15, 0.2) is 0 Å². The van der Waals surface area contributed by atoms with Crippen molar-refractivity contribution in [3.63, 3.8) is 0 Å². The van der Waals surface area contributed by atoms with Gasteiger partial charge in [-0.15, -0.1) is 0 Å². The summed E-state index contributed by atoms with van der Waals surface area (Å²) >= 11 is 0. The summed E-state index contributed by atoms with van der Waals surface area (Å²) in [6.45, 7) is 2.04. The van der Waals surface area contributed by atoms with Crippen molar-refractivity contribution in [2.24, 2.45) is 0 Å². The fourth-order valence-corrected chi connectivity index (χ4v) is 1.98. The van der Waals surface area contributed by atoms with E-state index in [-0.39, 0.29) is 5.56 Å². The Bertz CT molecular complexity index is 590. The number of hydrogen-bond acceptors (Lipinski definition) is 3. The zero-order chi connectivity index (χ0) is 13.0. The van der Waals surface area contributed by atoms with Gasteiger partial charge in [0.2, 0.25) is 0 Å². The van der Waals surface area contributed by atoms with Gasteiger partial charge in [0.05, 0.1) is 19.1 Å². The lowest BCUT2D eigenvalue weighted by Gasteiger charge is -2.10. The first kappa shape index (κ1) is 12.4. The van der Waals surface area contributed by atoms with Gasteiger partial charge in [-0.1, -0.05) is 25.5 Å². The molecular weight excluding hydrogens is 228 g/mol. The van der Waals surface area contributed by atoms with E-state index in [1.807, 2.05) is 31.2 Å². The summed E-state index contributed by atoms with van der Waals surface area (Å²) < 4.78 is 5.32. The highest BCUT2D eigenvalue weighted by atomic mass is 16.5. The predicted octanol–water partition coefficient (Wildman–Crippen LogP) is 2.40. The molecule has 0 amide bonds. The molecule has 0 spiro atoms. The van der Waals surface area contributed by atoms with Crippen LogP contribution in [-0.2, 0) is 6.42 Å². The molecule has 94 valence electrons. The molecule has 0 unspecified atom stereocenters. The van der Waals surface area contributed by atoms with Crippen LogP contribution in [0.2, 0.25) is 0 Å². The summed E-state index contributed by atoms with van der Waals surface area (Å²) in [4.78, 5) is 18.8. The fraction of sp³-hybridized carbons (Fsp3) is 0.286. The molecule has 0 aliphatic heterocycles. The Morgan fingerprint density at radius 3 is 2.83 bits per heavy atom. The Labute approximate surface area is 106 Å². The first-order valence-electron chi connectivity index (χ1n) is 5.97. The third-order valence-corrected chi connectivity index (χ3v) is 2.81. The van der Waals surface area contributed by atoms with Crippen LogP contribution in [0.4, 0.5) is 0 Å². The van der Waals surface area contributed by atoms with Gasteiger partial charge in [-0.3, -0.25) is 4.79 Å². The van der Waals surface area contributed by atoms with E-state index in [0.29, 0.717) is 17.7 Å². The maximum Gasteiger partial charge on any atom is 0.254 e. The van der Waals surface area contributed by atoms with E-state index >= 15 is 0 Å². The zero-order valence-electron chi connectivity index (χ0n) is 10.6. The smallest absolute Gasteiger partial charge is 0.254 e. The number of ether oxygens (including phenoxy) is 1. The fourth-order valence-electron chi connectivity index (χ4n) is 1.98. The molecule has 0 saturated heterocycles. The van der Waals surface area contributed by atoms with Crippen LogP contribution in [0.15, 0.2) is 35.4 Å². The Balaban J connectivity index is 2.63. The third kappa shape index (κ3) is 2.27. The molecule has 0 radical (unpaired) electrons. The number of methoxy groups -OCH3 is 1. The van der Waals surface area contributed by atoms with Crippen molar-refractivity contribution in [1.82, 2.24) is 9.97 Å². The van der Waals surface area contributed by atoms with Crippen molar-refractivity contribution >= 4 is 0 Å². The van der Waals surface area contributed by atoms with Gasteiger partial charge >= 0.3 is 0 Å². The van der Waals surface area contributed by atoms with Crippen LogP contribution < -0.4 is 10.3 Å². The van der Waals surface area contributed by atoms with E-state index in [0.717, 1.165) is 17.7 Å². The average Bonchev–Trinajstić information content (AvgIpc) is 2.41. The van der Waals surface area contributed by atoms with E-state index in [2.05, 4.69) is 9.97 Å². The molecule has 18 heavy (non-hydrogen) atoms. The van der Waals surface area contributed by atoms with Crippen molar-refractivity contribution in [1.29, 1.82) is 0 Å². The summed E-state index contributed by atoms with van der Waals surface area (Å²) in [6, 6.07) is 7.60. The highest BCUT2D eigenvalue weighted by molar-refractivity contribution is 5.69. The van der Waals surface area contributed by atoms with Crippen LogP contribution in [-0.4, -0.2) is 17.1 Å². The molecule has 1 aromatic heterocycles. The van der Waals surface area contributed by atoms with Crippen LogP contribution >= 0.6 is 0 Å². The minimum Gasteiger partial charge on any atom is -0.496 e. The van der Waals surface area contributed by atoms with Gasteiger partial charge in [-0.2, -0.15) is 0 Å². The summed E-state index contributed by atoms with van der Waals surface area (Å²) in [6.07, 6.45) is 3.04. The average molecular weight is 244 g/mol. The minimum absolute atomic E-state index is 0.0762. The lowest BCUT2D eigenvalue weighted by molar-refractivity contribution is 0.416. The third-order valence-electron chi connectivity index (χ3n) is 2.81. The van der Waals surface area contributed by atoms with Gasteiger partial charge in [-0.25, -0.2) is 4.98 Å². The van der Waals surface area contributed by atoms with Crippen LogP contribution in [0.5, 0.6) is 5.75 Å². The second-order valence-corrected chi connectivity index (χ2v) is 4.01. The zero-order valence-corrected chi connectivity index (χ0v) is 10.6. The van der Waals surface area contributed by atoms with Crippen molar-refractivity contribution in [3.8, 4) is 17.0 Å². The molecule has 1 heterocycles. The van der Waals surface area contributed by atoms with Crippen LogP contribution in [0.3, 0.4) is 0 Å². The second-order valence-electron chi connectivity index (χ2n) is 4.01. The standard InChI is InChI=1S/C14H16N2O2/c1-3-6-11-13(15-9-16-14(11)17)10-7-4-5-8-12(10)18-2/h4-5,7-9H,3,6H2,1-2H3,(H,15,16,17). The van der Waals surface area contributed by atoms with E-state index in [4.69, 9.17) is 4.74 Å². The van der Waals surface area contributed by atoms with Gasteiger partial charge in [0.25, 0.3) is 5.56 Å². The normalized spacial score (nSPS) is 10.3. The molecule has 4 nitrogen and oxygen atoms in total. The number of H-pyrrole nitrogens is 1. The molecule has 0 fully saturated rings. The molecule has 4 heteroatoms. The molecule has 0 saturated carbocycles. The van der Waals surface area contributed by atoms with E-state index < -0.39 is 0 Å². The number of nitrogens with zero attached hydrogens (tertiary/aromatic N) is 1. The monoisotopic (exact) mass is 244 g/mol. The van der Waals surface area contributed by atoms with Crippen molar-refractivity contribution in [2.75, 3.05) is 7.11 Å². The molecule has 1 aromatic carbocycles. The number of hydrogen-bond donors (Lipinski definition) is 1. The highest BCUT2D eigenvalue weighted by Crippen LogP contribution is 2.29. The lowest BCUT2D eigenvalue weighted by Crippen LogP contribution is -2.15. The maximum absolute atomic E-state index is 11.9. The maximum atomic E-state index is 11.9. The number of para-hydroxylation sites is 1. The van der Waals surface area contributed by atoms with Gasteiger partial charge in [0.1, 0.15) is 5.75 Å². The van der Waals surface area contributed by atoms with Gasteiger partial charge < -0.3 is 9.72 Å². The molecular formula is C14H16N2O2. The van der Waals surface area contributed by atoms with E-state index in [9.17, 15) is 4.79 Å².